The molecule has 3 unspecified atom stereocenters. The Hall–Kier alpha value is -1.60. The number of nitrogens with zero attached hydrogens (tertiary/aromatic N) is 1. The maximum atomic E-state index is 9.98. The Bertz CT molecular complexity index is 687. The van der Waals surface area contributed by atoms with Gasteiger partial charge in [0.15, 0.2) is 0 Å². The highest BCUT2D eigenvalue weighted by atomic mass is 16.7. The smallest absolute Gasteiger partial charge is 0.202 e. The SMILES string of the molecule is CCN(C)CCc1c[nH]c2cccc(OC3CC(O)CC(CO)O3)c12. The number of likely N-dealkylation sites (N-methyl/N-ethyl adjacent to an activating group) is 1. The van der Waals surface area contributed by atoms with Crippen LogP contribution in [0.5, 0.6) is 5.75 Å². The Balaban J connectivity index is 1.79. The average molecular weight is 348 g/mol. The van der Waals surface area contributed by atoms with Gasteiger partial charge in [-0.3, -0.25) is 0 Å². The second-order valence-electron chi connectivity index (χ2n) is 6.75. The minimum Gasteiger partial charge on any atom is -0.464 e. The summed E-state index contributed by atoms with van der Waals surface area (Å²) in [5.41, 5.74) is 2.24. The van der Waals surface area contributed by atoms with Crippen molar-refractivity contribution < 1.29 is 19.7 Å². The van der Waals surface area contributed by atoms with Gasteiger partial charge >= 0.3 is 0 Å². The summed E-state index contributed by atoms with van der Waals surface area (Å²) in [6.45, 7) is 4.03. The van der Waals surface area contributed by atoms with Crippen molar-refractivity contribution in [3.63, 3.8) is 0 Å². The van der Waals surface area contributed by atoms with Crippen LogP contribution >= 0.6 is 0 Å². The minimum atomic E-state index is -0.549. The van der Waals surface area contributed by atoms with Gasteiger partial charge in [0, 0.05) is 36.5 Å². The maximum absolute atomic E-state index is 9.98. The number of nitrogens with one attached hydrogen (secondary N) is 1. The molecule has 0 saturated carbocycles. The molecule has 2 aromatic rings. The number of hydrogen-bond donors (Lipinski definition) is 3. The van der Waals surface area contributed by atoms with E-state index in [-0.39, 0.29) is 12.7 Å². The number of rotatable bonds is 7. The molecule has 0 amide bonds. The summed E-state index contributed by atoms with van der Waals surface area (Å²) in [4.78, 5) is 5.58. The molecule has 6 heteroatoms. The minimum absolute atomic E-state index is 0.111. The van der Waals surface area contributed by atoms with Gasteiger partial charge in [-0.2, -0.15) is 0 Å². The van der Waals surface area contributed by atoms with Crippen LogP contribution in [-0.2, 0) is 11.2 Å². The highest BCUT2D eigenvalue weighted by Crippen LogP contribution is 2.32. The summed E-state index contributed by atoms with van der Waals surface area (Å²) in [7, 11) is 2.11. The normalized spacial score (nSPS) is 24.1. The number of ether oxygens (including phenoxy) is 2. The van der Waals surface area contributed by atoms with Crippen LogP contribution in [0.3, 0.4) is 0 Å². The molecule has 1 fully saturated rings. The fourth-order valence-electron chi connectivity index (χ4n) is 3.27. The van der Waals surface area contributed by atoms with Gasteiger partial charge in [-0.25, -0.2) is 0 Å². The third-order valence-electron chi connectivity index (χ3n) is 4.86. The third-order valence-corrected chi connectivity index (χ3v) is 4.86. The van der Waals surface area contributed by atoms with Crippen LogP contribution in [0.4, 0.5) is 0 Å². The quantitative estimate of drug-likeness (QED) is 0.712. The Morgan fingerprint density at radius 3 is 2.96 bits per heavy atom. The molecule has 1 aromatic carbocycles. The first-order chi connectivity index (χ1) is 12.1. The molecular weight excluding hydrogens is 320 g/mol. The number of fused-ring (bicyclic) bond motifs is 1. The second-order valence-corrected chi connectivity index (χ2v) is 6.75. The summed E-state index contributed by atoms with van der Waals surface area (Å²) >= 11 is 0. The zero-order chi connectivity index (χ0) is 17.8. The lowest BCUT2D eigenvalue weighted by Gasteiger charge is -2.32. The van der Waals surface area contributed by atoms with E-state index in [0.29, 0.717) is 12.8 Å². The van der Waals surface area contributed by atoms with Gasteiger partial charge in [0.1, 0.15) is 5.75 Å². The monoisotopic (exact) mass is 348 g/mol. The third kappa shape index (κ3) is 4.33. The molecule has 1 saturated heterocycles. The summed E-state index contributed by atoms with van der Waals surface area (Å²) in [5.74, 6) is 0.753. The topological polar surface area (TPSA) is 78.0 Å². The molecule has 0 radical (unpaired) electrons. The van der Waals surface area contributed by atoms with E-state index in [1.165, 1.54) is 5.56 Å². The van der Waals surface area contributed by atoms with Crippen molar-refractivity contribution >= 4 is 10.9 Å². The van der Waals surface area contributed by atoms with Crippen LogP contribution in [0.15, 0.2) is 24.4 Å². The molecule has 3 atom stereocenters. The lowest BCUT2D eigenvalue weighted by molar-refractivity contribution is -0.184. The first-order valence-electron chi connectivity index (χ1n) is 8.99. The van der Waals surface area contributed by atoms with E-state index in [2.05, 4.69) is 23.9 Å². The Kier molecular flexibility index (Phi) is 5.96. The largest absolute Gasteiger partial charge is 0.464 e. The predicted molar refractivity (Wildman–Crippen MR) is 96.8 cm³/mol. The van der Waals surface area contributed by atoms with Gasteiger partial charge in [-0.15, -0.1) is 0 Å². The molecule has 25 heavy (non-hydrogen) atoms. The number of aromatic amines is 1. The first kappa shape index (κ1) is 18.2. The van der Waals surface area contributed by atoms with E-state index >= 15 is 0 Å². The lowest BCUT2D eigenvalue weighted by atomic mass is 10.1. The van der Waals surface area contributed by atoms with Gasteiger partial charge < -0.3 is 29.6 Å². The van der Waals surface area contributed by atoms with Crippen molar-refractivity contribution in [1.82, 2.24) is 9.88 Å². The zero-order valence-corrected chi connectivity index (χ0v) is 14.9. The van der Waals surface area contributed by atoms with Crippen molar-refractivity contribution in [2.75, 3.05) is 26.7 Å². The van der Waals surface area contributed by atoms with Crippen LogP contribution in [-0.4, -0.2) is 65.3 Å². The van der Waals surface area contributed by atoms with Crippen molar-refractivity contribution in [2.45, 2.75) is 44.7 Å². The fourth-order valence-corrected chi connectivity index (χ4v) is 3.27. The number of aromatic nitrogens is 1. The lowest BCUT2D eigenvalue weighted by Crippen LogP contribution is -2.40. The molecule has 138 valence electrons. The number of H-pyrrole nitrogens is 1. The molecule has 1 aliphatic rings. The van der Waals surface area contributed by atoms with Crippen molar-refractivity contribution in [2.24, 2.45) is 0 Å². The van der Waals surface area contributed by atoms with Crippen LogP contribution in [0.1, 0.15) is 25.3 Å². The van der Waals surface area contributed by atoms with E-state index < -0.39 is 12.4 Å². The van der Waals surface area contributed by atoms with Gasteiger partial charge in [-0.05, 0) is 37.7 Å². The molecule has 1 aromatic heterocycles. The van der Waals surface area contributed by atoms with E-state index in [4.69, 9.17) is 9.47 Å². The van der Waals surface area contributed by atoms with Gasteiger partial charge in [-0.1, -0.05) is 13.0 Å². The van der Waals surface area contributed by atoms with Crippen molar-refractivity contribution in [3.05, 3.63) is 30.0 Å². The predicted octanol–water partition coefficient (Wildman–Crippen LogP) is 1.90. The molecule has 3 N–H and O–H groups in total. The summed E-state index contributed by atoms with van der Waals surface area (Å²) < 4.78 is 11.8. The summed E-state index contributed by atoms with van der Waals surface area (Å²) in [6.07, 6.45) is 2.37. The molecule has 6 nitrogen and oxygen atoms in total. The molecule has 0 bridgehead atoms. The summed E-state index contributed by atoms with van der Waals surface area (Å²) in [6, 6.07) is 5.91. The molecule has 1 aliphatic heterocycles. The van der Waals surface area contributed by atoms with E-state index in [0.717, 1.165) is 36.2 Å². The Labute approximate surface area is 148 Å². The van der Waals surface area contributed by atoms with Gasteiger partial charge in [0.2, 0.25) is 6.29 Å². The van der Waals surface area contributed by atoms with Crippen molar-refractivity contribution in [3.8, 4) is 5.75 Å². The highest BCUT2D eigenvalue weighted by Gasteiger charge is 2.29. The zero-order valence-electron chi connectivity index (χ0n) is 14.9. The Morgan fingerprint density at radius 2 is 2.20 bits per heavy atom. The maximum Gasteiger partial charge on any atom is 0.202 e. The molecule has 0 spiro atoms. The van der Waals surface area contributed by atoms with Crippen molar-refractivity contribution in [1.29, 1.82) is 0 Å². The number of hydrogen-bond acceptors (Lipinski definition) is 5. The van der Waals surface area contributed by atoms with E-state index in [1.807, 2.05) is 24.4 Å². The van der Waals surface area contributed by atoms with E-state index in [9.17, 15) is 10.2 Å². The Morgan fingerprint density at radius 1 is 1.36 bits per heavy atom. The number of aliphatic hydroxyl groups excluding tert-OH is 2. The fraction of sp³-hybridized carbons (Fsp3) is 0.579. The molecular formula is C19H28N2O4. The molecule has 0 aliphatic carbocycles. The second kappa shape index (κ2) is 8.19. The van der Waals surface area contributed by atoms with Gasteiger partial charge in [0.25, 0.3) is 0 Å². The van der Waals surface area contributed by atoms with E-state index in [1.54, 1.807) is 0 Å². The van der Waals surface area contributed by atoms with Crippen LogP contribution in [0.25, 0.3) is 10.9 Å². The molecule has 2 heterocycles. The average Bonchev–Trinajstić information content (AvgIpc) is 3.03. The standard InChI is InChI=1S/C19H28N2O4/c1-3-21(2)8-7-13-11-20-16-5-4-6-17(19(13)16)25-18-10-14(23)9-15(12-22)24-18/h4-6,11,14-15,18,20,22-23H,3,7-10,12H2,1-2H3. The number of aliphatic hydroxyl groups is 2. The first-order valence-corrected chi connectivity index (χ1v) is 8.99. The molecule has 3 rings (SSSR count). The summed E-state index contributed by atoms with van der Waals surface area (Å²) in [5, 5.41) is 20.4. The van der Waals surface area contributed by atoms with Crippen LogP contribution < -0.4 is 4.74 Å². The van der Waals surface area contributed by atoms with Gasteiger partial charge in [0.05, 0.1) is 18.8 Å². The van der Waals surface area contributed by atoms with Crippen LogP contribution in [0, 0.1) is 0 Å². The highest BCUT2D eigenvalue weighted by molar-refractivity contribution is 5.89. The number of benzene rings is 1. The van der Waals surface area contributed by atoms with Crippen LogP contribution in [0.2, 0.25) is 0 Å².